The molecule has 4 heteroatoms. The average molecular weight is 191 g/mol. The topological polar surface area (TPSA) is 43.8 Å². The van der Waals surface area contributed by atoms with Gasteiger partial charge in [0.2, 0.25) is 0 Å². The summed E-state index contributed by atoms with van der Waals surface area (Å²) in [5.41, 5.74) is 6.90. The van der Waals surface area contributed by atoms with Gasteiger partial charge in [0.25, 0.3) is 0 Å². The van der Waals surface area contributed by atoms with E-state index in [4.69, 9.17) is 5.73 Å². The molecule has 2 rings (SSSR count). The Morgan fingerprint density at radius 2 is 1.86 bits per heavy atom. The summed E-state index contributed by atoms with van der Waals surface area (Å²) in [5.74, 6) is 0.591. The van der Waals surface area contributed by atoms with Crippen molar-refractivity contribution in [1.82, 2.24) is 14.5 Å². The predicted octanol–water partition coefficient (Wildman–Crippen LogP) is 0.947. The maximum Gasteiger partial charge on any atom is 0.158 e. The first-order valence-electron chi connectivity index (χ1n) is 4.55. The number of benzene rings is 1. The standard InChI is InChI=1S/C10H15N4/c1-14(2,3)13-9-7-5-4-6-8(9)10(11)12-13/h4-7H,1-3H3,(H2,11,12)/q+1. The fourth-order valence-corrected chi connectivity index (χ4v) is 1.53. The summed E-state index contributed by atoms with van der Waals surface area (Å²) in [5, 5.41) is 5.34. The first-order valence-corrected chi connectivity index (χ1v) is 4.55. The molecule has 2 aromatic rings. The van der Waals surface area contributed by atoms with E-state index in [2.05, 4.69) is 26.2 Å². The van der Waals surface area contributed by atoms with Crippen LogP contribution in [0.4, 0.5) is 5.82 Å². The van der Waals surface area contributed by atoms with Crippen LogP contribution in [0.15, 0.2) is 24.3 Å². The molecule has 0 radical (unpaired) electrons. The molecule has 0 aliphatic carbocycles. The Kier molecular flexibility index (Phi) is 1.75. The molecular weight excluding hydrogens is 176 g/mol. The Labute approximate surface area is 83.1 Å². The van der Waals surface area contributed by atoms with Crippen LogP contribution in [-0.4, -0.2) is 31.0 Å². The zero-order valence-electron chi connectivity index (χ0n) is 8.73. The normalized spacial score (nSPS) is 12.2. The molecule has 0 saturated heterocycles. The summed E-state index contributed by atoms with van der Waals surface area (Å²) in [6, 6.07) is 7.99. The van der Waals surface area contributed by atoms with Gasteiger partial charge in [-0.25, -0.2) is 4.59 Å². The second-order valence-electron chi connectivity index (χ2n) is 4.23. The highest BCUT2D eigenvalue weighted by molar-refractivity contribution is 5.89. The van der Waals surface area contributed by atoms with Crippen molar-refractivity contribution in [3.63, 3.8) is 0 Å². The van der Waals surface area contributed by atoms with Gasteiger partial charge in [0.1, 0.15) is 5.52 Å². The number of hydrogen-bond donors (Lipinski definition) is 1. The molecule has 2 N–H and O–H groups in total. The Hall–Kier alpha value is -1.55. The molecule has 1 aromatic carbocycles. The van der Waals surface area contributed by atoms with Gasteiger partial charge in [-0.15, -0.1) is 9.89 Å². The second kappa shape index (κ2) is 2.72. The van der Waals surface area contributed by atoms with Gasteiger partial charge >= 0.3 is 0 Å². The van der Waals surface area contributed by atoms with E-state index in [1.165, 1.54) is 0 Å². The first-order chi connectivity index (χ1) is 6.50. The maximum absolute atomic E-state index is 5.83. The lowest BCUT2D eigenvalue weighted by Crippen LogP contribution is -2.47. The molecule has 0 atom stereocenters. The van der Waals surface area contributed by atoms with Crippen molar-refractivity contribution in [3.8, 4) is 0 Å². The minimum absolute atomic E-state index is 0.591. The molecule has 74 valence electrons. The molecule has 0 unspecified atom stereocenters. The lowest BCUT2D eigenvalue weighted by molar-refractivity contribution is 0.237. The van der Waals surface area contributed by atoms with E-state index in [-0.39, 0.29) is 0 Å². The van der Waals surface area contributed by atoms with E-state index >= 15 is 0 Å². The summed E-state index contributed by atoms with van der Waals surface area (Å²) in [6.45, 7) is 0. The first kappa shape index (κ1) is 9.02. The average Bonchev–Trinajstić information content (AvgIpc) is 2.44. The molecule has 0 fully saturated rings. The molecule has 0 bridgehead atoms. The summed E-state index contributed by atoms with van der Waals surface area (Å²) in [7, 11) is 6.16. The van der Waals surface area contributed by atoms with E-state index in [1.807, 2.05) is 29.1 Å². The third-order valence-corrected chi connectivity index (χ3v) is 2.17. The van der Waals surface area contributed by atoms with Gasteiger partial charge in [-0.3, -0.25) is 0 Å². The number of anilines is 1. The van der Waals surface area contributed by atoms with Crippen molar-refractivity contribution >= 4 is 16.7 Å². The Bertz CT molecular complexity index is 464. The van der Waals surface area contributed by atoms with Gasteiger partial charge in [-0.1, -0.05) is 12.1 Å². The van der Waals surface area contributed by atoms with Crippen molar-refractivity contribution in [3.05, 3.63) is 24.3 Å². The Morgan fingerprint density at radius 1 is 1.21 bits per heavy atom. The molecule has 4 nitrogen and oxygen atoms in total. The lowest BCUT2D eigenvalue weighted by atomic mass is 10.2. The number of hydrogen-bond acceptors (Lipinski definition) is 2. The smallest absolute Gasteiger partial charge is 0.158 e. The van der Waals surface area contributed by atoms with Gasteiger partial charge in [0, 0.05) is 5.39 Å². The zero-order valence-corrected chi connectivity index (χ0v) is 8.73. The summed E-state index contributed by atoms with van der Waals surface area (Å²) in [4.78, 5) is 1.91. The van der Waals surface area contributed by atoms with Crippen molar-refractivity contribution in [1.29, 1.82) is 0 Å². The SMILES string of the molecule is C[N+](C)(C)n1nc(N)c2ccccc21. The fourth-order valence-electron chi connectivity index (χ4n) is 1.53. The highest BCUT2D eigenvalue weighted by Gasteiger charge is 2.17. The number of fused-ring (bicyclic) bond motifs is 1. The van der Waals surface area contributed by atoms with Crippen LogP contribution < -0.4 is 10.3 Å². The van der Waals surface area contributed by atoms with Crippen LogP contribution in [0.25, 0.3) is 10.9 Å². The van der Waals surface area contributed by atoms with Crippen LogP contribution in [-0.2, 0) is 0 Å². The van der Waals surface area contributed by atoms with E-state index < -0.39 is 0 Å². The largest absolute Gasteiger partial charge is 0.382 e. The van der Waals surface area contributed by atoms with Crippen LogP contribution in [0.5, 0.6) is 0 Å². The third-order valence-electron chi connectivity index (χ3n) is 2.17. The number of quaternary nitrogens is 1. The molecule has 0 aliphatic rings. The van der Waals surface area contributed by atoms with Crippen molar-refractivity contribution < 1.29 is 0 Å². The maximum atomic E-state index is 5.83. The summed E-state index contributed by atoms with van der Waals surface area (Å²) in [6.07, 6.45) is 0. The minimum atomic E-state index is 0.591. The molecule has 0 amide bonds. The molecule has 0 saturated carbocycles. The van der Waals surface area contributed by atoms with Crippen LogP contribution >= 0.6 is 0 Å². The van der Waals surface area contributed by atoms with Crippen LogP contribution in [0.1, 0.15) is 0 Å². The number of aromatic nitrogens is 2. The minimum Gasteiger partial charge on any atom is -0.382 e. The number of para-hydroxylation sites is 1. The van der Waals surface area contributed by atoms with E-state index in [9.17, 15) is 0 Å². The molecule has 1 aromatic heterocycles. The molecule has 14 heavy (non-hydrogen) atoms. The van der Waals surface area contributed by atoms with Gasteiger partial charge < -0.3 is 5.73 Å². The molecule has 0 aliphatic heterocycles. The number of nitrogens with two attached hydrogens (primary N) is 1. The van der Waals surface area contributed by atoms with Crippen molar-refractivity contribution in [2.45, 2.75) is 0 Å². The number of rotatable bonds is 1. The van der Waals surface area contributed by atoms with Crippen LogP contribution in [0.3, 0.4) is 0 Å². The summed E-state index contributed by atoms with van der Waals surface area (Å²) >= 11 is 0. The Morgan fingerprint density at radius 3 is 2.50 bits per heavy atom. The Balaban J connectivity index is 2.80. The highest BCUT2D eigenvalue weighted by atomic mass is 15.7. The molecule has 0 spiro atoms. The zero-order chi connectivity index (χ0) is 10.3. The van der Waals surface area contributed by atoms with E-state index in [0.717, 1.165) is 10.9 Å². The predicted molar refractivity (Wildman–Crippen MR) is 59.4 cm³/mol. The van der Waals surface area contributed by atoms with E-state index in [0.29, 0.717) is 10.4 Å². The lowest BCUT2D eigenvalue weighted by Gasteiger charge is -2.22. The van der Waals surface area contributed by atoms with Gasteiger partial charge in [-0.2, -0.15) is 0 Å². The fraction of sp³-hybridized carbons (Fsp3) is 0.300. The molecule has 1 heterocycles. The monoisotopic (exact) mass is 191 g/mol. The van der Waals surface area contributed by atoms with Crippen molar-refractivity contribution in [2.75, 3.05) is 26.9 Å². The summed E-state index contributed by atoms with van der Waals surface area (Å²) < 4.78 is 0.609. The van der Waals surface area contributed by atoms with Gasteiger partial charge in [-0.05, 0) is 12.1 Å². The van der Waals surface area contributed by atoms with E-state index in [1.54, 1.807) is 0 Å². The van der Waals surface area contributed by atoms with Gasteiger partial charge in [0.05, 0.1) is 21.1 Å². The van der Waals surface area contributed by atoms with Crippen LogP contribution in [0.2, 0.25) is 0 Å². The van der Waals surface area contributed by atoms with Crippen molar-refractivity contribution in [2.24, 2.45) is 0 Å². The second-order valence-corrected chi connectivity index (χ2v) is 4.23. The number of nitrogens with zero attached hydrogens (tertiary/aromatic N) is 3. The van der Waals surface area contributed by atoms with Crippen LogP contribution in [0, 0.1) is 0 Å². The molecular formula is C10H15N4+. The number of nitrogen functional groups attached to an aromatic ring is 1. The van der Waals surface area contributed by atoms with Gasteiger partial charge in [0.15, 0.2) is 5.82 Å². The third kappa shape index (κ3) is 1.24. The highest BCUT2D eigenvalue weighted by Crippen LogP contribution is 2.20. The quantitative estimate of drug-likeness (QED) is 0.682.